The van der Waals surface area contributed by atoms with Gasteiger partial charge in [0, 0.05) is 42.6 Å². The van der Waals surface area contributed by atoms with Crippen molar-refractivity contribution in [2.75, 3.05) is 0 Å². The first-order chi connectivity index (χ1) is 7.45. The maximum absolute atomic E-state index is 4.52. The van der Waals surface area contributed by atoms with E-state index in [-0.39, 0.29) is 0 Å². The highest BCUT2D eigenvalue weighted by Gasteiger charge is 2.25. The van der Waals surface area contributed by atoms with Crippen LogP contribution in [0.5, 0.6) is 0 Å². The first kappa shape index (κ1) is 8.60. The topological polar surface area (TPSA) is 24.7 Å². The van der Waals surface area contributed by atoms with Gasteiger partial charge in [-0.3, -0.25) is 9.98 Å². The quantitative estimate of drug-likeness (QED) is 0.569. The van der Waals surface area contributed by atoms with Crippen molar-refractivity contribution in [2.45, 2.75) is 6.42 Å². The normalized spacial score (nSPS) is 31.5. The van der Waals surface area contributed by atoms with E-state index in [0.717, 1.165) is 12.1 Å². The van der Waals surface area contributed by atoms with Crippen LogP contribution in [0.25, 0.3) is 0 Å². The third kappa shape index (κ3) is 1.42. The van der Waals surface area contributed by atoms with Gasteiger partial charge < -0.3 is 0 Å². The van der Waals surface area contributed by atoms with Crippen LogP contribution in [0.4, 0.5) is 0 Å². The fourth-order valence-electron chi connectivity index (χ4n) is 2.22. The number of aliphatic imine (C=N–C) groups is 2. The summed E-state index contributed by atoms with van der Waals surface area (Å²) in [5, 5.41) is 0. The molecule has 15 heavy (non-hydrogen) atoms. The molecule has 0 saturated heterocycles. The van der Waals surface area contributed by atoms with E-state index in [1.807, 2.05) is 12.4 Å². The van der Waals surface area contributed by atoms with Crippen LogP contribution < -0.4 is 0 Å². The summed E-state index contributed by atoms with van der Waals surface area (Å²) in [5.74, 6) is 0.886. The molecule has 0 aromatic rings. The highest BCUT2D eigenvalue weighted by molar-refractivity contribution is 5.73. The van der Waals surface area contributed by atoms with Crippen molar-refractivity contribution in [3.05, 3.63) is 47.9 Å². The van der Waals surface area contributed by atoms with Gasteiger partial charge in [-0.1, -0.05) is 24.3 Å². The van der Waals surface area contributed by atoms with Gasteiger partial charge in [0.25, 0.3) is 0 Å². The summed E-state index contributed by atoms with van der Waals surface area (Å²) in [4.78, 5) is 8.69. The van der Waals surface area contributed by atoms with Gasteiger partial charge in [-0.15, -0.1) is 0 Å². The molecule has 0 bridgehead atoms. The van der Waals surface area contributed by atoms with Crippen molar-refractivity contribution in [1.82, 2.24) is 0 Å². The van der Waals surface area contributed by atoms with Gasteiger partial charge in [0.2, 0.25) is 0 Å². The molecule has 0 N–H and O–H groups in total. The molecule has 2 heterocycles. The number of hydrogen-bond donors (Lipinski definition) is 0. The SMILES string of the molecule is C1=CC2C=NC3=C(C=CN=CC3)C2C=C1. The van der Waals surface area contributed by atoms with E-state index >= 15 is 0 Å². The molecule has 2 heteroatoms. The number of rotatable bonds is 0. The average molecular weight is 196 g/mol. The molecule has 1 aliphatic carbocycles. The Labute approximate surface area is 89.1 Å². The number of nitrogens with zero attached hydrogens (tertiary/aromatic N) is 2. The second-order valence-electron chi connectivity index (χ2n) is 3.90. The standard InChI is InChI=1S/C13H12N2/c1-2-4-11-10(3-1)9-15-13-6-8-14-7-5-12(11)13/h1-5,7-11H,6H2. The maximum Gasteiger partial charge on any atom is 0.0492 e. The maximum atomic E-state index is 4.52. The van der Waals surface area contributed by atoms with E-state index in [4.69, 9.17) is 0 Å². The third-order valence-electron chi connectivity index (χ3n) is 3.00. The Kier molecular flexibility index (Phi) is 1.98. The van der Waals surface area contributed by atoms with E-state index in [1.54, 1.807) is 0 Å². The largest absolute Gasteiger partial charge is 0.269 e. The molecule has 2 atom stereocenters. The lowest BCUT2D eigenvalue weighted by molar-refractivity contribution is 0.664. The molecule has 0 fully saturated rings. The molecule has 0 aromatic heterocycles. The molecule has 0 aromatic carbocycles. The van der Waals surface area contributed by atoms with Crippen molar-refractivity contribution >= 4 is 12.4 Å². The summed E-state index contributed by atoms with van der Waals surface area (Å²) in [7, 11) is 0. The summed E-state index contributed by atoms with van der Waals surface area (Å²) in [5.41, 5.74) is 2.48. The molecule has 3 aliphatic rings. The molecule has 2 nitrogen and oxygen atoms in total. The van der Waals surface area contributed by atoms with Gasteiger partial charge in [-0.05, 0) is 11.6 Å². The summed E-state index contributed by atoms with van der Waals surface area (Å²) in [6.07, 6.45) is 17.4. The zero-order valence-corrected chi connectivity index (χ0v) is 8.38. The van der Waals surface area contributed by atoms with E-state index in [2.05, 4.69) is 46.6 Å². The zero-order chi connectivity index (χ0) is 10.1. The first-order valence-electron chi connectivity index (χ1n) is 5.25. The zero-order valence-electron chi connectivity index (χ0n) is 8.38. The van der Waals surface area contributed by atoms with Crippen molar-refractivity contribution in [1.29, 1.82) is 0 Å². The Morgan fingerprint density at radius 3 is 3.13 bits per heavy atom. The van der Waals surface area contributed by atoms with Crippen LogP contribution in [0.1, 0.15) is 6.42 Å². The van der Waals surface area contributed by atoms with Crippen LogP contribution in [0, 0.1) is 11.8 Å². The number of fused-ring (bicyclic) bond motifs is 2. The fourth-order valence-corrected chi connectivity index (χ4v) is 2.22. The first-order valence-corrected chi connectivity index (χ1v) is 5.25. The molecule has 0 spiro atoms. The predicted octanol–water partition coefficient (Wildman–Crippen LogP) is 2.67. The van der Waals surface area contributed by atoms with E-state index in [1.165, 1.54) is 5.57 Å². The summed E-state index contributed by atoms with van der Waals surface area (Å²) >= 11 is 0. The van der Waals surface area contributed by atoms with Crippen molar-refractivity contribution < 1.29 is 0 Å². The van der Waals surface area contributed by atoms with Crippen LogP contribution >= 0.6 is 0 Å². The lowest BCUT2D eigenvalue weighted by atomic mass is 9.80. The highest BCUT2D eigenvalue weighted by atomic mass is 14.8. The van der Waals surface area contributed by atoms with Gasteiger partial charge in [0.1, 0.15) is 0 Å². The van der Waals surface area contributed by atoms with Crippen LogP contribution in [-0.4, -0.2) is 12.4 Å². The fraction of sp³-hybridized carbons (Fsp3) is 0.231. The second-order valence-corrected chi connectivity index (χ2v) is 3.90. The minimum absolute atomic E-state index is 0.427. The molecule has 74 valence electrons. The van der Waals surface area contributed by atoms with Gasteiger partial charge in [0.15, 0.2) is 0 Å². The van der Waals surface area contributed by atoms with Crippen LogP contribution in [-0.2, 0) is 0 Å². The van der Waals surface area contributed by atoms with Crippen molar-refractivity contribution in [3.8, 4) is 0 Å². The Morgan fingerprint density at radius 2 is 2.13 bits per heavy atom. The Bertz CT molecular complexity index is 447. The Hall–Kier alpha value is -1.70. The van der Waals surface area contributed by atoms with Crippen molar-refractivity contribution in [3.63, 3.8) is 0 Å². The summed E-state index contributed by atoms with van der Waals surface area (Å²) in [6.45, 7) is 0. The Balaban J connectivity index is 2.05. The molecule has 3 rings (SSSR count). The van der Waals surface area contributed by atoms with E-state index in [9.17, 15) is 0 Å². The van der Waals surface area contributed by atoms with Crippen molar-refractivity contribution in [2.24, 2.45) is 21.8 Å². The molecule has 0 radical (unpaired) electrons. The lowest BCUT2D eigenvalue weighted by Gasteiger charge is -2.26. The Morgan fingerprint density at radius 1 is 1.20 bits per heavy atom. The van der Waals surface area contributed by atoms with Gasteiger partial charge in [-0.25, -0.2) is 0 Å². The number of hydrogen-bond acceptors (Lipinski definition) is 2. The predicted molar refractivity (Wildman–Crippen MR) is 63.0 cm³/mol. The average Bonchev–Trinajstić information content (AvgIpc) is 2.54. The highest BCUT2D eigenvalue weighted by Crippen LogP contribution is 2.34. The second kappa shape index (κ2) is 3.46. The monoisotopic (exact) mass is 196 g/mol. The van der Waals surface area contributed by atoms with E-state index in [0.29, 0.717) is 11.8 Å². The minimum atomic E-state index is 0.427. The van der Waals surface area contributed by atoms with Gasteiger partial charge >= 0.3 is 0 Å². The molecular weight excluding hydrogens is 184 g/mol. The molecule has 2 unspecified atom stereocenters. The van der Waals surface area contributed by atoms with Crippen LogP contribution in [0.15, 0.2) is 57.8 Å². The van der Waals surface area contributed by atoms with E-state index < -0.39 is 0 Å². The van der Waals surface area contributed by atoms with Gasteiger partial charge in [0.05, 0.1) is 0 Å². The smallest absolute Gasteiger partial charge is 0.0492 e. The lowest BCUT2D eigenvalue weighted by Crippen LogP contribution is -2.20. The van der Waals surface area contributed by atoms with Crippen LogP contribution in [0.2, 0.25) is 0 Å². The van der Waals surface area contributed by atoms with Crippen LogP contribution in [0.3, 0.4) is 0 Å². The summed E-state index contributed by atoms with van der Waals surface area (Å²) < 4.78 is 0. The summed E-state index contributed by atoms with van der Waals surface area (Å²) in [6, 6.07) is 0. The molecule has 0 saturated carbocycles. The molecular formula is C13H12N2. The minimum Gasteiger partial charge on any atom is -0.269 e. The third-order valence-corrected chi connectivity index (χ3v) is 3.00. The molecule has 0 amide bonds. The number of allylic oxidation sites excluding steroid dienone is 7. The molecule has 2 aliphatic heterocycles. The van der Waals surface area contributed by atoms with Gasteiger partial charge in [-0.2, -0.15) is 0 Å².